The van der Waals surface area contributed by atoms with Crippen LogP contribution in [0.1, 0.15) is 30.1 Å². The first-order valence-electron chi connectivity index (χ1n) is 5.78. The molecule has 1 aliphatic heterocycles. The maximum atomic E-state index is 10.7. The van der Waals surface area contributed by atoms with E-state index < -0.39 is 5.97 Å². The Morgan fingerprint density at radius 3 is 2.65 bits per heavy atom. The van der Waals surface area contributed by atoms with Crippen LogP contribution in [0.3, 0.4) is 0 Å². The number of aromatic carboxylic acids is 1. The lowest BCUT2D eigenvalue weighted by Gasteiger charge is -2.35. The van der Waals surface area contributed by atoms with Gasteiger partial charge in [0.05, 0.1) is 17.7 Å². The van der Waals surface area contributed by atoms with Crippen molar-refractivity contribution < 1.29 is 14.6 Å². The van der Waals surface area contributed by atoms with Gasteiger partial charge in [0.25, 0.3) is 0 Å². The average Bonchev–Trinajstić information content (AvgIpc) is 2.30. The van der Waals surface area contributed by atoms with E-state index in [2.05, 4.69) is 12.2 Å². The summed E-state index contributed by atoms with van der Waals surface area (Å²) in [5.74, 6) is -0.899. The van der Waals surface area contributed by atoms with Crippen LogP contribution in [-0.4, -0.2) is 29.8 Å². The van der Waals surface area contributed by atoms with Gasteiger partial charge in [-0.05, 0) is 44.0 Å². The highest BCUT2D eigenvalue weighted by molar-refractivity contribution is 5.88. The zero-order chi connectivity index (χ0) is 12.3. The van der Waals surface area contributed by atoms with E-state index in [-0.39, 0.29) is 5.54 Å². The standard InChI is InChI=1S/C13H17NO3/c1-13(7-2-8-17-9-13)14-11-5-3-10(4-6-11)12(15)16/h3-6,14H,2,7-9H2,1H3,(H,15,16). The number of benzene rings is 1. The number of anilines is 1. The number of rotatable bonds is 3. The first-order valence-corrected chi connectivity index (χ1v) is 5.78. The summed E-state index contributed by atoms with van der Waals surface area (Å²) in [5.41, 5.74) is 1.19. The predicted molar refractivity (Wildman–Crippen MR) is 65.5 cm³/mol. The van der Waals surface area contributed by atoms with Gasteiger partial charge in [0, 0.05) is 12.3 Å². The fourth-order valence-electron chi connectivity index (χ4n) is 2.08. The summed E-state index contributed by atoms with van der Waals surface area (Å²) >= 11 is 0. The molecule has 1 atom stereocenters. The molecule has 1 saturated heterocycles. The van der Waals surface area contributed by atoms with Gasteiger partial charge in [0.2, 0.25) is 0 Å². The van der Waals surface area contributed by atoms with E-state index >= 15 is 0 Å². The smallest absolute Gasteiger partial charge is 0.335 e. The van der Waals surface area contributed by atoms with Crippen LogP contribution >= 0.6 is 0 Å². The summed E-state index contributed by atoms with van der Waals surface area (Å²) in [4.78, 5) is 10.7. The van der Waals surface area contributed by atoms with E-state index in [0.29, 0.717) is 12.2 Å². The molecule has 4 nitrogen and oxygen atoms in total. The monoisotopic (exact) mass is 235 g/mol. The molecule has 2 rings (SSSR count). The Balaban J connectivity index is 2.05. The van der Waals surface area contributed by atoms with Crippen LogP contribution in [0.25, 0.3) is 0 Å². The highest BCUT2D eigenvalue weighted by atomic mass is 16.5. The zero-order valence-corrected chi connectivity index (χ0v) is 9.90. The van der Waals surface area contributed by atoms with Gasteiger partial charge in [-0.25, -0.2) is 4.79 Å². The molecule has 1 fully saturated rings. The van der Waals surface area contributed by atoms with Gasteiger partial charge in [0.1, 0.15) is 0 Å². The third-order valence-electron chi connectivity index (χ3n) is 3.02. The third-order valence-corrected chi connectivity index (χ3v) is 3.02. The van der Waals surface area contributed by atoms with Crippen LogP contribution in [0, 0.1) is 0 Å². The molecule has 1 unspecified atom stereocenters. The van der Waals surface area contributed by atoms with Gasteiger partial charge >= 0.3 is 5.97 Å². The summed E-state index contributed by atoms with van der Waals surface area (Å²) in [5, 5.41) is 12.2. The van der Waals surface area contributed by atoms with Crippen LogP contribution in [0.5, 0.6) is 0 Å². The van der Waals surface area contributed by atoms with Gasteiger partial charge in [-0.15, -0.1) is 0 Å². The van der Waals surface area contributed by atoms with Crippen molar-refractivity contribution >= 4 is 11.7 Å². The van der Waals surface area contributed by atoms with E-state index in [1.54, 1.807) is 24.3 Å². The highest BCUT2D eigenvalue weighted by Gasteiger charge is 2.27. The molecule has 0 aromatic heterocycles. The van der Waals surface area contributed by atoms with E-state index in [9.17, 15) is 4.79 Å². The summed E-state index contributed by atoms with van der Waals surface area (Å²) in [6, 6.07) is 6.81. The van der Waals surface area contributed by atoms with E-state index in [1.165, 1.54) is 0 Å². The topological polar surface area (TPSA) is 58.6 Å². The Morgan fingerprint density at radius 1 is 1.41 bits per heavy atom. The fourth-order valence-corrected chi connectivity index (χ4v) is 2.08. The third kappa shape index (κ3) is 2.97. The molecule has 0 saturated carbocycles. The zero-order valence-electron chi connectivity index (χ0n) is 9.90. The minimum atomic E-state index is -0.899. The van der Waals surface area contributed by atoms with E-state index in [0.717, 1.165) is 25.1 Å². The van der Waals surface area contributed by atoms with Gasteiger partial charge in [0.15, 0.2) is 0 Å². The Labute approximate surface area is 101 Å². The van der Waals surface area contributed by atoms with Gasteiger partial charge < -0.3 is 15.2 Å². The van der Waals surface area contributed by atoms with Crippen LogP contribution in [0.15, 0.2) is 24.3 Å². The van der Waals surface area contributed by atoms with Crippen LogP contribution < -0.4 is 5.32 Å². The second-order valence-corrected chi connectivity index (χ2v) is 4.72. The number of carboxylic acid groups (broad SMARTS) is 1. The van der Waals surface area contributed by atoms with Crippen molar-refractivity contribution in [3.63, 3.8) is 0 Å². The summed E-state index contributed by atoms with van der Waals surface area (Å²) in [6.45, 7) is 3.64. The molecule has 4 heteroatoms. The normalized spacial score (nSPS) is 24.3. The van der Waals surface area contributed by atoms with Crippen molar-refractivity contribution in [3.8, 4) is 0 Å². The number of carbonyl (C=O) groups is 1. The van der Waals surface area contributed by atoms with Crippen molar-refractivity contribution in [2.45, 2.75) is 25.3 Å². The molecule has 17 heavy (non-hydrogen) atoms. The molecule has 0 aliphatic carbocycles. The second kappa shape index (κ2) is 4.75. The molecule has 0 spiro atoms. The van der Waals surface area contributed by atoms with Crippen molar-refractivity contribution in [3.05, 3.63) is 29.8 Å². The summed E-state index contributed by atoms with van der Waals surface area (Å²) in [7, 11) is 0. The van der Waals surface area contributed by atoms with Crippen LogP contribution in [0.4, 0.5) is 5.69 Å². The Bertz CT molecular complexity index is 394. The van der Waals surface area contributed by atoms with Crippen molar-refractivity contribution in [1.82, 2.24) is 0 Å². The van der Waals surface area contributed by atoms with Crippen LogP contribution in [-0.2, 0) is 4.74 Å². The lowest BCUT2D eigenvalue weighted by Crippen LogP contribution is -2.43. The second-order valence-electron chi connectivity index (χ2n) is 4.72. The molecular formula is C13H17NO3. The minimum absolute atomic E-state index is 0.0526. The molecule has 0 bridgehead atoms. The quantitative estimate of drug-likeness (QED) is 0.844. The molecule has 1 aromatic rings. The fraction of sp³-hybridized carbons (Fsp3) is 0.462. The maximum Gasteiger partial charge on any atom is 0.335 e. The molecule has 1 aliphatic rings. The van der Waals surface area contributed by atoms with Crippen LogP contribution in [0.2, 0.25) is 0 Å². The average molecular weight is 235 g/mol. The molecule has 0 radical (unpaired) electrons. The Hall–Kier alpha value is -1.55. The molecule has 92 valence electrons. The summed E-state index contributed by atoms with van der Waals surface area (Å²) < 4.78 is 5.46. The first-order chi connectivity index (χ1) is 8.09. The number of hydrogen-bond donors (Lipinski definition) is 2. The summed E-state index contributed by atoms with van der Waals surface area (Å²) in [6.07, 6.45) is 2.12. The largest absolute Gasteiger partial charge is 0.478 e. The minimum Gasteiger partial charge on any atom is -0.478 e. The molecule has 0 amide bonds. The lowest BCUT2D eigenvalue weighted by atomic mass is 9.94. The number of ether oxygens (including phenoxy) is 1. The van der Waals surface area contributed by atoms with E-state index in [4.69, 9.17) is 9.84 Å². The van der Waals surface area contributed by atoms with Gasteiger partial charge in [-0.1, -0.05) is 0 Å². The highest BCUT2D eigenvalue weighted by Crippen LogP contribution is 2.24. The maximum absolute atomic E-state index is 10.7. The van der Waals surface area contributed by atoms with Gasteiger partial charge in [-0.2, -0.15) is 0 Å². The van der Waals surface area contributed by atoms with Crippen molar-refractivity contribution in [1.29, 1.82) is 0 Å². The Kier molecular flexibility index (Phi) is 3.33. The van der Waals surface area contributed by atoms with Crippen molar-refractivity contribution in [2.24, 2.45) is 0 Å². The van der Waals surface area contributed by atoms with Gasteiger partial charge in [-0.3, -0.25) is 0 Å². The lowest BCUT2D eigenvalue weighted by molar-refractivity contribution is 0.0540. The first kappa shape index (κ1) is 11.9. The number of hydrogen-bond acceptors (Lipinski definition) is 3. The Morgan fingerprint density at radius 2 is 2.12 bits per heavy atom. The number of nitrogens with one attached hydrogen (secondary N) is 1. The molecule has 1 aromatic carbocycles. The predicted octanol–water partition coefficient (Wildman–Crippen LogP) is 2.37. The molecular weight excluding hydrogens is 218 g/mol. The van der Waals surface area contributed by atoms with Crippen molar-refractivity contribution in [2.75, 3.05) is 18.5 Å². The number of carboxylic acids is 1. The molecule has 2 N–H and O–H groups in total. The SMILES string of the molecule is CC1(Nc2ccc(C(=O)O)cc2)CCCOC1. The van der Waals surface area contributed by atoms with E-state index in [1.807, 2.05) is 0 Å². The molecule has 1 heterocycles.